The fraction of sp³-hybridized carbons (Fsp3) is 0.438. The van der Waals surface area contributed by atoms with Crippen LogP contribution in [0.1, 0.15) is 24.3 Å². The van der Waals surface area contributed by atoms with Crippen LogP contribution in [0, 0.1) is 18.7 Å². The van der Waals surface area contributed by atoms with Crippen LogP contribution < -0.4 is 5.73 Å². The highest BCUT2D eigenvalue weighted by Crippen LogP contribution is 2.21. The lowest BCUT2D eigenvalue weighted by Crippen LogP contribution is -2.38. The zero-order valence-electron chi connectivity index (χ0n) is 13.0. The molecular formula is C16H19FN4O2. The second-order valence-corrected chi connectivity index (χ2v) is 5.93. The molecule has 3 rings (SSSR count). The number of benzene rings is 1. The fourth-order valence-electron chi connectivity index (χ4n) is 2.74. The van der Waals surface area contributed by atoms with Gasteiger partial charge in [-0.05, 0) is 44.5 Å². The Labute approximate surface area is 133 Å². The minimum absolute atomic E-state index is 0.0416. The number of aromatic nitrogens is 2. The van der Waals surface area contributed by atoms with E-state index in [1.165, 1.54) is 6.07 Å². The van der Waals surface area contributed by atoms with E-state index in [2.05, 4.69) is 15.0 Å². The van der Waals surface area contributed by atoms with Crippen molar-refractivity contribution < 1.29 is 13.7 Å². The van der Waals surface area contributed by atoms with Crippen LogP contribution in [0.4, 0.5) is 4.39 Å². The van der Waals surface area contributed by atoms with E-state index >= 15 is 0 Å². The first-order valence-electron chi connectivity index (χ1n) is 7.63. The van der Waals surface area contributed by atoms with E-state index in [0.717, 1.165) is 25.9 Å². The highest BCUT2D eigenvalue weighted by molar-refractivity contribution is 5.76. The summed E-state index contributed by atoms with van der Waals surface area (Å²) in [4.78, 5) is 17.6. The Bertz CT molecular complexity index is 708. The van der Waals surface area contributed by atoms with Gasteiger partial charge in [0.25, 0.3) is 0 Å². The van der Waals surface area contributed by atoms with Gasteiger partial charge in [0.05, 0.1) is 6.54 Å². The van der Waals surface area contributed by atoms with Gasteiger partial charge in [0.1, 0.15) is 5.82 Å². The van der Waals surface area contributed by atoms with E-state index in [4.69, 9.17) is 10.3 Å². The topological polar surface area (TPSA) is 85.3 Å². The molecule has 2 heterocycles. The molecule has 23 heavy (non-hydrogen) atoms. The number of rotatable bonds is 4. The number of hydrogen-bond acceptors (Lipinski definition) is 5. The first kappa shape index (κ1) is 15.6. The number of primary amides is 1. The third kappa shape index (κ3) is 3.56. The highest BCUT2D eigenvalue weighted by Gasteiger charge is 2.24. The molecule has 122 valence electrons. The molecule has 1 aromatic heterocycles. The number of nitrogens with zero attached hydrogens (tertiary/aromatic N) is 3. The zero-order valence-corrected chi connectivity index (χ0v) is 13.0. The summed E-state index contributed by atoms with van der Waals surface area (Å²) in [6.07, 6.45) is 1.50. The maximum atomic E-state index is 13.6. The maximum absolute atomic E-state index is 13.6. The molecule has 0 aliphatic carbocycles. The van der Waals surface area contributed by atoms with Crippen LogP contribution in [0.25, 0.3) is 11.4 Å². The predicted molar refractivity (Wildman–Crippen MR) is 81.6 cm³/mol. The molecule has 1 aliphatic heterocycles. The Hall–Kier alpha value is -2.28. The third-order valence-electron chi connectivity index (χ3n) is 4.25. The molecule has 0 bridgehead atoms. The summed E-state index contributed by atoms with van der Waals surface area (Å²) in [6.45, 7) is 3.76. The second kappa shape index (κ2) is 6.45. The molecule has 7 heteroatoms. The Morgan fingerprint density at radius 2 is 2.17 bits per heavy atom. The van der Waals surface area contributed by atoms with Gasteiger partial charge in [-0.3, -0.25) is 9.69 Å². The summed E-state index contributed by atoms with van der Waals surface area (Å²) in [5.41, 5.74) is 6.50. The van der Waals surface area contributed by atoms with Gasteiger partial charge < -0.3 is 10.3 Å². The van der Waals surface area contributed by atoms with E-state index in [1.807, 2.05) is 0 Å². The molecule has 0 atom stereocenters. The maximum Gasteiger partial charge on any atom is 0.241 e. The highest BCUT2D eigenvalue weighted by atomic mass is 19.1. The molecule has 0 spiro atoms. The van der Waals surface area contributed by atoms with E-state index in [-0.39, 0.29) is 17.6 Å². The lowest BCUT2D eigenvalue weighted by Gasteiger charge is -2.29. The molecule has 6 nitrogen and oxygen atoms in total. The van der Waals surface area contributed by atoms with Crippen LogP contribution in [0.5, 0.6) is 0 Å². The number of hydrogen-bond donors (Lipinski definition) is 1. The van der Waals surface area contributed by atoms with Crippen molar-refractivity contribution in [2.45, 2.75) is 26.3 Å². The van der Waals surface area contributed by atoms with Crippen molar-refractivity contribution in [3.05, 3.63) is 35.5 Å². The number of carbonyl (C=O) groups is 1. The average Bonchev–Trinajstić information content (AvgIpc) is 2.99. The Morgan fingerprint density at radius 3 is 2.83 bits per heavy atom. The lowest BCUT2D eigenvalue weighted by atomic mass is 9.96. The van der Waals surface area contributed by atoms with Gasteiger partial charge in [0, 0.05) is 11.5 Å². The molecule has 2 N–H and O–H groups in total. The molecule has 1 aliphatic rings. The van der Waals surface area contributed by atoms with Crippen LogP contribution >= 0.6 is 0 Å². The number of piperidine rings is 1. The summed E-state index contributed by atoms with van der Waals surface area (Å²) in [5.74, 6) is 0.304. The second-order valence-electron chi connectivity index (χ2n) is 5.93. The Balaban J connectivity index is 1.64. The standard InChI is InChI=1S/C16H19FN4O2/c1-10-2-3-12(8-13(10)17)16-19-14(23-20-16)9-21-6-4-11(5-7-21)15(18)22/h2-3,8,11H,4-7,9H2,1H3,(H2,18,22). The molecule has 1 amide bonds. The van der Waals surface area contributed by atoms with Crippen LogP contribution in [0.3, 0.4) is 0 Å². The van der Waals surface area contributed by atoms with Crippen molar-refractivity contribution in [3.8, 4) is 11.4 Å². The molecule has 0 saturated carbocycles. The first-order valence-corrected chi connectivity index (χ1v) is 7.63. The number of amides is 1. The van der Waals surface area contributed by atoms with E-state index in [1.54, 1.807) is 19.1 Å². The number of nitrogens with two attached hydrogens (primary N) is 1. The Kier molecular flexibility index (Phi) is 4.38. The molecule has 0 radical (unpaired) electrons. The number of halogens is 1. The SMILES string of the molecule is Cc1ccc(-c2noc(CN3CCC(C(N)=O)CC3)n2)cc1F. The van der Waals surface area contributed by atoms with Gasteiger partial charge in [-0.15, -0.1) is 0 Å². The van der Waals surface area contributed by atoms with E-state index in [0.29, 0.717) is 29.4 Å². The smallest absolute Gasteiger partial charge is 0.241 e. The monoisotopic (exact) mass is 318 g/mol. The van der Waals surface area contributed by atoms with Crippen LogP contribution in [-0.4, -0.2) is 34.0 Å². The summed E-state index contributed by atoms with van der Waals surface area (Å²) < 4.78 is 18.9. The summed E-state index contributed by atoms with van der Waals surface area (Å²) in [7, 11) is 0. The lowest BCUT2D eigenvalue weighted by molar-refractivity contribution is -0.123. The number of carbonyl (C=O) groups excluding carboxylic acids is 1. The molecule has 1 saturated heterocycles. The van der Waals surface area contributed by atoms with Crippen molar-refractivity contribution >= 4 is 5.91 Å². The quantitative estimate of drug-likeness (QED) is 0.930. The van der Waals surface area contributed by atoms with E-state index in [9.17, 15) is 9.18 Å². The van der Waals surface area contributed by atoms with Gasteiger partial charge in [0.15, 0.2) is 0 Å². The van der Waals surface area contributed by atoms with Crippen molar-refractivity contribution in [1.29, 1.82) is 0 Å². The molecule has 2 aromatic rings. The largest absolute Gasteiger partial charge is 0.369 e. The minimum Gasteiger partial charge on any atom is -0.369 e. The molecular weight excluding hydrogens is 299 g/mol. The summed E-state index contributed by atoms with van der Waals surface area (Å²) in [5, 5.41) is 3.91. The van der Waals surface area contributed by atoms with Gasteiger partial charge in [-0.1, -0.05) is 17.3 Å². The summed E-state index contributed by atoms with van der Waals surface area (Å²) >= 11 is 0. The number of likely N-dealkylation sites (tertiary alicyclic amines) is 1. The minimum atomic E-state index is -0.289. The fourth-order valence-corrected chi connectivity index (χ4v) is 2.74. The molecule has 1 fully saturated rings. The number of aryl methyl sites for hydroxylation is 1. The van der Waals surface area contributed by atoms with Crippen LogP contribution in [-0.2, 0) is 11.3 Å². The molecule has 0 unspecified atom stereocenters. The van der Waals surface area contributed by atoms with Gasteiger partial charge in [-0.25, -0.2) is 4.39 Å². The third-order valence-corrected chi connectivity index (χ3v) is 4.25. The first-order chi connectivity index (χ1) is 11.0. The van der Waals surface area contributed by atoms with Crippen LogP contribution in [0.15, 0.2) is 22.7 Å². The van der Waals surface area contributed by atoms with Gasteiger partial charge in [0.2, 0.25) is 17.6 Å². The normalized spacial score (nSPS) is 16.6. The predicted octanol–water partition coefficient (Wildman–Crippen LogP) is 1.88. The van der Waals surface area contributed by atoms with E-state index < -0.39 is 0 Å². The molecule has 1 aromatic carbocycles. The van der Waals surface area contributed by atoms with Crippen molar-refractivity contribution in [2.75, 3.05) is 13.1 Å². The van der Waals surface area contributed by atoms with Gasteiger partial charge >= 0.3 is 0 Å². The zero-order chi connectivity index (χ0) is 16.4. The average molecular weight is 318 g/mol. The Morgan fingerprint density at radius 1 is 1.43 bits per heavy atom. The van der Waals surface area contributed by atoms with Crippen molar-refractivity contribution in [2.24, 2.45) is 11.7 Å². The van der Waals surface area contributed by atoms with Gasteiger partial charge in [-0.2, -0.15) is 4.98 Å². The van der Waals surface area contributed by atoms with Crippen LogP contribution in [0.2, 0.25) is 0 Å². The summed E-state index contributed by atoms with van der Waals surface area (Å²) in [6, 6.07) is 4.86. The van der Waals surface area contributed by atoms with Crippen molar-refractivity contribution in [1.82, 2.24) is 15.0 Å². The van der Waals surface area contributed by atoms with Crippen molar-refractivity contribution in [3.63, 3.8) is 0 Å².